The van der Waals surface area contributed by atoms with Crippen LogP contribution >= 0.6 is 0 Å². The van der Waals surface area contributed by atoms with Gasteiger partial charge in [-0.05, 0) is 38.8 Å². The van der Waals surface area contributed by atoms with Crippen molar-refractivity contribution in [1.29, 1.82) is 0 Å². The van der Waals surface area contributed by atoms with Gasteiger partial charge in [0, 0.05) is 19.1 Å². The second-order valence-corrected chi connectivity index (χ2v) is 5.66. The average molecular weight is 253 g/mol. The molecular formula is C15H27NO2. The molecule has 0 atom stereocenters. The van der Waals surface area contributed by atoms with E-state index in [9.17, 15) is 4.79 Å². The molecule has 1 aliphatic heterocycles. The summed E-state index contributed by atoms with van der Waals surface area (Å²) in [5, 5.41) is 0. The molecule has 0 unspecified atom stereocenters. The Bertz CT molecular complexity index is 274. The fraction of sp³-hybridized carbons (Fsp3) is 0.933. The van der Waals surface area contributed by atoms with E-state index in [1.165, 1.54) is 12.8 Å². The summed E-state index contributed by atoms with van der Waals surface area (Å²) in [4.78, 5) is 15.4. The summed E-state index contributed by atoms with van der Waals surface area (Å²) in [6.07, 6.45) is 6.44. The Morgan fingerprint density at radius 2 is 1.72 bits per heavy atom. The van der Waals surface area contributed by atoms with Crippen molar-refractivity contribution in [3.05, 3.63) is 0 Å². The molecule has 3 heteroatoms. The maximum absolute atomic E-state index is 13.0. The summed E-state index contributed by atoms with van der Waals surface area (Å²) in [6, 6.07) is 0. The van der Waals surface area contributed by atoms with E-state index >= 15 is 0 Å². The van der Waals surface area contributed by atoms with Gasteiger partial charge >= 0.3 is 0 Å². The standard InChI is InChI=1S/C15H27NO2/c1-3-16(4-2)15(9-5-6-10-15)14(17)13-7-11-18-12-8-13/h13H,3-12H2,1-2H3. The number of carbonyl (C=O) groups excluding carboxylic acids is 1. The lowest BCUT2D eigenvalue weighted by molar-refractivity contribution is -0.138. The van der Waals surface area contributed by atoms with E-state index in [-0.39, 0.29) is 11.5 Å². The van der Waals surface area contributed by atoms with E-state index in [4.69, 9.17) is 4.74 Å². The van der Waals surface area contributed by atoms with Gasteiger partial charge in [0.25, 0.3) is 0 Å². The number of ketones is 1. The van der Waals surface area contributed by atoms with Gasteiger partial charge in [-0.25, -0.2) is 0 Å². The molecule has 2 rings (SSSR count). The number of carbonyl (C=O) groups is 1. The fourth-order valence-electron chi connectivity index (χ4n) is 3.85. The van der Waals surface area contributed by atoms with Crippen LogP contribution in [0.25, 0.3) is 0 Å². The van der Waals surface area contributed by atoms with E-state index in [2.05, 4.69) is 18.7 Å². The van der Waals surface area contributed by atoms with Crippen LogP contribution in [0.4, 0.5) is 0 Å². The minimum atomic E-state index is -0.133. The molecule has 0 radical (unpaired) electrons. The molecule has 1 aliphatic carbocycles. The maximum Gasteiger partial charge on any atom is 0.156 e. The Labute approximate surface area is 111 Å². The fourth-order valence-corrected chi connectivity index (χ4v) is 3.85. The number of Topliss-reactive ketones (excluding diaryl/α,β-unsaturated/α-hetero) is 1. The van der Waals surface area contributed by atoms with Gasteiger partial charge in [0.05, 0.1) is 5.54 Å². The first-order valence-electron chi connectivity index (χ1n) is 7.61. The molecule has 18 heavy (non-hydrogen) atoms. The summed E-state index contributed by atoms with van der Waals surface area (Å²) < 4.78 is 5.39. The summed E-state index contributed by atoms with van der Waals surface area (Å²) in [5.74, 6) is 0.768. The topological polar surface area (TPSA) is 29.5 Å². The second-order valence-electron chi connectivity index (χ2n) is 5.66. The zero-order valence-electron chi connectivity index (χ0n) is 11.9. The van der Waals surface area contributed by atoms with Gasteiger partial charge in [-0.1, -0.05) is 26.7 Å². The lowest BCUT2D eigenvalue weighted by atomic mass is 9.79. The van der Waals surface area contributed by atoms with Crippen molar-refractivity contribution in [2.75, 3.05) is 26.3 Å². The van der Waals surface area contributed by atoms with E-state index in [0.29, 0.717) is 5.78 Å². The highest BCUT2D eigenvalue weighted by Gasteiger charge is 2.47. The van der Waals surface area contributed by atoms with Crippen LogP contribution < -0.4 is 0 Å². The molecule has 1 heterocycles. The molecule has 0 aromatic carbocycles. The Hall–Kier alpha value is -0.410. The normalized spacial score (nSPS) is 24.6. The maximum atomic E-state index is 13.0. The number of likely N-dealkylation sites (N-methyl/N-ethyl adjacent to an activating group) is 1. The minimum Gasteiger partial charge on any atom is -0.381 e. The van der Waals surface area contributed by atoms with E-state index in [1.54, 1.807) is 0 Å². The van der Waals surface area contributed by atoms with E-state index in [0.717, 1.165) is 52.0 Å². The highest BCUT2D eigenvalue weighted by Crippen LogP contribution is 2.39. The van der Waals surface area contributed by atoms with Crippen molar-refractivity contribution in [2.24, 2.45) is 5.92 Å². The van der Waals surface area contributed by atoms with Gasteiger partial charge in [-0.3, -0.25) is 9.69 Å². The van der Waals surface area contributed by atoms with Crippen molar-refractivity contribution < 1.29 is 9.53 Å². The molecule has 0 amide bonds. The third-order valence-corrected chi connectivity index (χ3v) is 4.85. The molecule has 0 aromatic heterocycles. The van der Waals surface area contributed by atoms with Crippen LogP contribution in [0.3, 0.4) is 0 Å². The van der Waals surface area contributed by atoms with E-state index < -0.39 is 0 Å². The molecule has 0 spiro atoms. The smallest absolute Gasteiger partial charge is 0.156 e. The van der Waals surface area contributed by atoms with Crippen molar-refractivity contribution >= 4 is 5.78 Å². The number of hydrogen-bond donors (Lipinski definition) is 0. The quantitative estimate of drug-likeness (QED) is 0.754. The summed E-state index contributed by atoms with van der Waals surface area (Å²) in [5.41, 5.74) is -0.133. The summed E-state index contributed by atoms with van der Waals surface area (Å²) >= 11 is 0. The monoisotopic (exact) mass is 253 g/mol. The van der Waals surface area contributed by atoms with Crippen LogP contribution in [0.1, 0.15) is 52.4 Å². The van der Waals surface area contributed by atoms with Gasteiger partial charge in [0.15, 0.2) is 5.78 Å². The predicted molar refractivity (Wildman–Crippen MR) is 72.7 cm³/mol. The van der Waals surface area contributed by atoms with Gasteiger partial charge < -0.3 is 4.74 Å². The lowest BCUT2D eigenvalue weighted by Crippen LogP contribution is -2.55. The third kappa shape index (κ3) is 2.48. The first-order valence-corrected chi connectivity index (χ1v) is 7.61. The number of ether oxygens (including phenoxy) is 1. The van der Waals surface area contributed by atoms with Crippen LogP contribution in [0, 0.1) is 5.92 Å². The number of nitrogens with zero attached hydrogens (tertiary/aromatic N) is 1. The van der Waals surface area contributed by atoms with Gasteiger partial charge in [0.1, 0.15) is 0 Å². The summed E-state index contributed by atoms with van der Waals surface area (Å²) in [7, 11) is 0. The third-order valence-electron chi connectivity index (χ3n) is 4.85. The zero-order chi connectivity index (χ0) is 13.0. The lowest BCUT2D eigenvalue weighted by Gasteiger charge is -2.41. The first kappa shape index (κ1) is 14.0. The van der Waals surface area contributed by atoms with Gasteiger partial charge in [-0.15, -0.1) is 0 Å². The van der Waals surface area contributed by atoms with Crippen molar-refractivity contribution in [1.82, 2.24) is 4.90 Å². The first-order chi connectivity index (χ1) is 8.74. The predicted octanol–water partition coefficient (Wildman–Crippen LogP) is 2.64. The molecule has 0 bridgehead atoms. The zero-order valence-corrected chi connectivity index (χ0v) is 11.9. The van der Waals surface area contributed by atoms with Crippen molar-refractivity contribution in [3.63, 3.8) is 0 Å². The highest BCUT2D eigenvalue weighted by molar-refractivity contribution is 5.91. The molecule has 2 aliphatic rings. The molecule has 1 saturated heterocycles. The number of hydrogen-bond acceptors (Lipinski definition) is 3. The molecule has 1 saturated carbocycles. The van der Waals surface area contributed by atoms with E-state index in [1.807, 2.05) is 0 Å². The SMILES string of the molecule is CCN(CC)C1(C(=O)C2CCOCC2)CCCC1. The Morgan fingerprint density at radius 3 is 2.22 bits per heavy atom. The molecule has 3 nitrogen and oxygen atoms in total. The average Bonchev–Trinajstić information content (AvgIpc) is 2.91. The second kappa shape index (κ2) is 6.16. The number of rotatable bonds is 5. The van der Waals surface area contributed by atoms with Crippen molar-refractivity contribution in [2.45, 2.75) is 57.9 Å². The molecule has 0 aromatic rings. The molecule has 0 N–H and O–H groups in total. The largest absolute Gasteiger partial charge is 0.381 e. The van der Waals surface area contributed by atoms with Gasteiger partial charge in [-0.2, -0.15) is 0 Å². The Kier molecular flexibility index (Phi) is 4.79. The minimum absolute atomic E-state index is 0.133. The van der Waals surface area contributed by atoms with Crippen LogP contribution in [0.5, 0.6) is 0 Å². The molecular weight excluding hydrogens is 226 g/mol. The van der Waals surface area contributed by atoms with Crippen molar-refractivity contribution in [3.8, 4) is 0 Å². The van der Waals surface area contributed by atoms with Crippen LogP contribution in [0.2, 0.25) is 0 Å². The van der Waals surface area contributed by atoms with Crippen LogP contribution in [0.15, 0.2) is 0 Å². The Balaban J connectivity index is 2.15. The van der Waals surface area contributed by atoms with Crippen LogP contribution in [-0.2, 0) is 9.53 Å². The Morgan fingerprint density at radius 1 is 1.17 bits per heavy atom. The molecule has 104 valence electrons. The molecule has 2 fully saturated rings. The highest BCUT2D eigenvalue weighted by atomic mass is 16.5. The summed E-state index contributed by atoms with van der Waals surface area (Å²) in [6.45, 7) is 7.88. The van der Waals surface area contributed by atoms with Crippen LogP contribution in [-0.4, -0.2) is 42.5 Å². The van der Waals surface area contributed by atoms with Gasteiger partial charge in [0.2, 0.25) is 0 Å².